The van der Waals surface area contributed by atoms with Crippen LogP contribution in [-0.2, 0) is 4.79 Å². The number of nitrogens with zero attached hydrogens (tertiary/aromatic N) is 2. The van der Waals surface area contributed by atoms with Crippen molar-refractivity contribution in [2.75, 3.05) is 18.5 Å². The van der Waals surface area contributed by atoms with E-state index in [2.05, 4.69) is 20.6 Å². The fourth-order valence-electron chi connectivity index (χ4n) is 2.32. The second-order valence-electron chi connectivity index (χ2n) is 5.41. The van der Waals surface area contributed by atoms with Gasteiger partial charge in [0.2, 0.25) is 5.91 Å². The summed E-state index contributed by atoms with van der Waals surface area (Å²) in [4.78, 5) is 32.9. The van der Waals surface area contributed by atoms with Gasteiger partial charge in [-0.25, -0.2) is 4.98 Å². The average Bonchev–Trinajstić information content (AvgIpc) is 3.16. The van der Waals surface area contributed by atoms with Crippen LogP contribution in [0.5, 0.6) is 5.75 Å². The molecule has 2 amide bonds. The minimum Gasteiger partial charge on any atom is -0.493 e. The van der Waals surface area contributed by atoms with E-state index in [0.29, 0.717) is 28.7 Å². The summed E-state index contributed by atoms with van der Waals surface area (Å²) in [6, 6.07) is 12.4. The number of ether oxygens (including phenoxy) is 1. The molecule has 0 spiro atoms. The summed E-state index contributed by atoms with van der Waals surface area (Å²) in [5, 5.41) is 7.53. The number of rotatable bonds is 7. The first-order valence-electron chi connectivity index (χ1n) is 8.34. The molecular weight excluding hydrogens is 364 g/mol. The summed E-state index contributed by atoms with van der Waals surface area (Å²) in [6.45, 7) is 2.13. The van der Waals surface area contributed by atoms with Gasteiger partial charge < -0.3 is 15.4 Å². The van der Waals surface area contributed by atoms with Crippen molar-refractivity contribution in [3.05, 3.63) is 59.6 Å². The van der Waals surface area contributed by atoms with Crippen molar-refractivity contribution in [2.45, 2.75) is 6.92 Å². The molecule has 0 aliphatic rings. The van der Waals surface area contributed by atoms with Gasteiger partial charge in [-0.2, -0.15) is 0 Å². The van der Waals surface area contributed by atoms with Crippen molar-refractivity contribution in [3.8, 4) is 17.1 Å². The number of hydrogen-bond donors (Lipinski definition) is 2. The fourth-order valence-corrected chi connectivity index (χ4v) is 3.04. The number of thiazole rings is 1. The summed E-state index contributed by atoms with van der Waals surface area (Å²) in [5.41, 5.74) is 1.81. The van der Waals surface area contributed by atoms with Crippen LogP contribution in [-0.4, -0.2) is 34.9 Å². The zero-order chi connectivity index (χ0) is 19.1. The molecule has 27 heavy (non-hydrogen) atoms. The second-order valence-corrected chi connectivity index (χ2v) is 6.27. The maximum absolute atomic E-state index is 12.3. The second kappa shape index (κ2) is 8.91. The molecule has 2 heterocycles. The predicted molar refractivity (Wildman–Crippen MR) is 104 cm³/mol. The van der Waals surface area contributed by atoms with E-state index in [4.69, 9.17) is 4.74 Å². The zero-order valence-corrected chi connectivity index (χ0v) is 15.5. The van der Waals surface area contributed by atoms with Crippen molar-refractivity contribution in [1.29, 1.82) is 0 Å². The Kier molecular flexibility index (Phi) is 6.11. The molecule has 0 aliphatic carbocycles. The maximum atomic E-state index is 12.3. The lowest BCUT2D eigenvalue weighted by atomic mass is 10.2. The van der Waals surface area contributed by atoms with E-state index in [0.717, 1.165) is 5.69 Å². The Labute approximate surface area is 160 Å². The first-order chi connectivity index (χ1) is 13.2. The molecule has 0 aliphatic heterocycles. The monoisotopic (exact) mass is 382 g/mol. The number of anilines is 1. The Morgan fingerprint density at radius 3 is 2.70 bits per heavy atom. The highest BCUT2D eigenvalue weighted by molar-refractivity contribution is 7.14. The van der Waals surface area contributed by atoms with Gasteiger partial charge in [-0.05, 0) is 31.2 Å². The molecular formula is C19H18N4O3S. The van der Waals surface area contributed by atoms with Gasteiger partial charge >= 0.3 is 0 Å². The Balaban J connectivity index is 1.56. The molecule has 1 aromatic carbocycles. The van der Waals surface area contributed by atoms with Crippen molar-refractivity contribution in [2.24, 2.45) is 0 Å². The zero-order valence-electron chi connectivity index (χ0n) is 14.6. The van der Waals surface area contributed by atoms with E-state index < -0.39 is 0 Å². The molecule has 7 nitrogen and oxygen atoms in total. The maximum Gasteiger partial charge on any atom is 0.255 e. The Morgan fingerprint density at radius 2 is 1.93 bits per heavy atom. The summed E-state index contributed by atoms with van der Waals surface area (Å²) in [5.74, 6) is -0.250. The van der Waals surface area contributed by atoms with Gasteiger partial charge in [-0.3, -0.25) is 14.6 Å². The molecule has 0 radical (unpaired) electrons. The normalized spacial score (nSPS) is 10.3. The molecule has 0 bridgehead atoms. The van der Waals surface area contributed by atoms with E-state index in [1.54, 1.807) is 30.5 Å². The summed E-state index contributed by atoms with van der Waals surface area (Å²) in [6.07, 6.45) is 1.68. The lowest BCUT2D eigenvalue weighted by Crippen LogP contribution is -2.33. The molecule has 0 atom stereocenters. The summed E-state index contributed by atoms with van der Waals surface area (Å²) >= 11 is 1.30. The lowest BCUT2D eigenvalue weighted by molar-refractivity contribution is -0.115. The first-order valence-corrected chi connectivity index (χ1v) is 9.22. The Hall–Kier alpha value is -3.26. The lowest BCUT2D eigenvalue weighted by Gasteiger charge is -2.10. The highest BCUT2D eigenvalue weighted by atomic mass is 32.1. The van der Waals surface area contributed by atoms with Crippen molar-refractivity contribution >= 4 is 28.3 Å². The molecule has 8 heteroatoms. The van der Waals surface area contributed by atoms with Gasteiger partial charge in [0, 0.05) is 11.6 Å². The highest BCUT2D eigenvalue weighted by Crippen LogP contribution is 2.23. The number of pyridine rings is 1. The molecule has 0 saturated carbocycles. The molecule has 0 fully saturated rings. The molecule has 3 rings (SSSR count). The van der Waals surface area contributed by atoms with E-state index in [-0.39, 0.29) is 18.4 Å². The van der Waals surface area contributed by atoms with Crippen LogP contribution in [0.25, 0.3) is 11.4 Å². The number of nitrogens with one attached hydrogen (secondary N) is 2. The van der Waals surface area contributed by atoms with E-state index >= 15 is 0 Å². The third kappa shape index (κ3) is 4.89. The van der Waals surface area contributed by atoms with Crippen LogP contribution in [0.1, 0.15) is 17.3 Å². The van der Waals surface area contributed by atoms with Gasteiger partial charge in [0.05, 0.1) is 24.4 Å². The number of carbonyl (C=O) groups excluding carboxylic acids is 2. The number of carbonyl (C=O) groups is 2. The smallest absolute Gasteiger partial charge is 0.255 e. The minimum atomic E-state index is -0.373. The van der Waals surface area contributed by atoms with E-state index in [1.165, 1.54) is 11.3 Å². The number of aromatic nitrogens is 2. The van der Waals surface area contributed by atoms with Crippen LogP contribution in [0.4, 0.5) is 5.13 Å². The molecule has 0 unspecified atom stereocenters. The van der Waals surface area contributed by atoms with Crippen molar-refractivity contribution < 1.29 is 14.3 Å². The third-order valence-electron chi connectivity index (χ3n) is 3.52. The van der Waals surface area contributed by atoms with Crippen LogP contribution >= 0.6 is 11.3 Å². The quantitative estimate of drug-likeness (QED) is 0.655. The van der Waals surface area contributed by atoms with Gasteiger partial charge in [-0.1, -0.05) is 18.2 Å². The van der Waals surface area contributed by atoms with Gasteiger partial charge in [-0.15, -0.1) is 11.3 Å². The Morgan fingerprint density at radius 1 is 1.11 bits per heavy atom. The van der Waals surface area contributed by atoms with Crippen LogP contribution in [0.2, 0.25) is 0 Å². The van der Waals surface area contributed by atoms with Crippen LogP contribution in [0, 0.1) is 0 Å². The largest absolute Gasteiger partial charge is 0.493 e. The Bertz CT molecular complexity index is 927. The van der Waals surface area contributed by atoms with E-state index in [1.807, 2.05) is 30.5 Å². The fraction of sp³-hybridized carbons (Fsp3) is 0.158. The van der Waals surface area contributed by atoms with Gasteiger partial charge in [0.15, 0.2) is 5.13 Å². The SMILES string of the molecule is CCOc1ccccc1C(=O)NCC(=O)Nc1nc(-c2ccccn2)cs1. The predicted octanol–water partition coefficient (Wildman–Crippen LogP) is 2.97. The van der Waals surface area contributed by atoms with Crippen LogP contribution < -0.4 is 15.4 Å². The van der Waals surface area contributed by atoms with E-state index in [9.17, 15) is 9.59 Å². The standard InChI is InChI=1S/C19H18N4O3S/c1-2-26-16-9-4-3-7-13(16)18(25)21-11-17(24)23-19-22-15(12-27-19)14-8-5-6-10-20-14/h3-10,12H,2,11H2,1H3,(H,21,25)(H,22,23,24). The molecule has 3 aromatic rings. The average molecular weight is 382 g/mol. The summed E-state index contributed by atoms with van der Waals surface area (Å²) in [7, 11) is 0. The van der Waals surface area contributed by atoms with Gasteiger partial charge in [0.25, 0.3) is 5.91 Å². The summed E-state index contributed by atoms with van der Waals surface area (Å²) < 4.78 is 5.43. The van der Waals surface area contributed by atoms with Crippen molar-refractivity contribution in [3.63, 3.8) is 0 Å². The number of para-hydroxylation sites is 1. The molecule has 2 aromatic heterocycles. The third-order valence-corrected chi connectivity index (χ3v) is 4.28. The molecule has 0 saturated heterocycles. The number of amides is 2. The molecule has 138 valence electrons. The van der Waals surface area contributed by atoms with Crippen LogP contribution in [0.15, 0.2) is 54.0 Å². The highest BCUT2D eigenvalue weighted by Gasteiger charge is 2.14. The molecule has 2 N–H and O–H groups in total. The number of hydrogen-bond acceptors (Lipinski definition) is 6. The minimum absolute atomic E-state index is 0.169. The van der Waals surface area contributed by atoms with Gasteiger partial charge in [0.1, 0.15) is 11.4 Å². The number of benzene rings is 1. The van der Waals surface area contributed by atoms with Crippen LogP contribution in [0.3, 0.4) is 0 Å². The topological polar surface area (TPSA) is 93.2 Å². The van der Waals surface area contributed by atoms with Crippen molar-refractivity contribution in [1.82, 2.24) is 15.3 Å². The first kappa shape index (κ1) is 18.5.